The minimum atomic E-state index is -0.607. The van der Waals surface area contributed by atoms with Gasteiger partial charge in [0, 0.05) is 40.7 Å². The summed E-state index contributed by atoms with van der Waals surface area (Å²) in [6.07, 6.45) is 1.36. The van der Waals surface area contributed by atoms with Gasteiger partial charge in [-0.15, -0.1) is 11.3 Å². The van der Waals surface area contributed by atoms with Crippen molar-refractivity contribution in [2.75, 3.05) is 10.6 Å². The van der Waals surface area contributed by atoms with Crippen molar-refractivity contribution in [3.05, 3.63) is 75.6 Å². The molecule has 0 saturated carbocycles. The minimum Gasteiger partial charge on any atom is -0.360 e. The van der Waals surface area contributed by atoms with Gasteiger partial charge in [0.25, 0.3) is 5.91 Å². The number of H-pyrrole nitrogens is 1. The molecule has 2 aromatic carbocycles. The highest BCUT2D eigenvalue weighted by atomic mass is 32.1. The van der Waals surface area contributed by atoms with E-state index >= 15 is 0 Å². The normalized spacial score (nSPS) is 10.7. The fourth-order valence-electron chi connectivity index (χ4n) is 2.96. The van der Waals surface area contributed by atoms with Crippen LogP contribution in [0, 0.1) is 5.82 Å². The molecule has 0 radical (unpaired) electrons. The van der Waals surface area contributed by atoms with Gasteiger partial charge < -0.3 is 10.3 Å². The standard InChI is InChI=1S/C21H15FN4O3S/c1-11(27)24-12-6-7-13(16(22)8-12)18-10-30-21(25-18)26-20(29)15-9-23-17-5-3-2-4-14(17)19(15)28/h2-10H,1H3,(H,23,28)(H,24,27)(H,25,26,29). The van der Waals surface area contributed by atoms with Gasteiger partial charge in [-0.25, -0.2) is 9.37 Å². The summed E-state index contributed by atoms with van der Waals surface area (Å²) in [6, 6.07) is 11.1. The zero-order chi connectivity index (χ0) is 21.3. The first kappa shape index (κ1) is 19.5. The molecule has 0 aliphatic carbocycles. The average Bonchev–Trinajstić information content (AvgIpc) is 3.16. The first-order valence-corrected chi connectivity index (χ1v) is 9.75. The first-order chi connectivity index (χ1) is 14.4. The highest BCUT2D eigenvalue weighted by molar-refractivity contribution is 7.14. The van der Waals surface area contributed by atoms with E-state index < -0.39 is 17.2 Å². The number of rotatable bonds is 4. The van der Waals surface area contributed by atoms with Crippen LogP contribution in [0.25, 0.3) is 22.2 Å². The van der Waals surface area contributed by atoms with Gasteiger partial charge in [0.05, 0.1) is 5.69 Å². The summed E-state index contributed by atoms with van der Waals surface area (Å²) in [5.41, 5.74) is 1.09. The Morgan fingerprint density at radius 3 is 2.70 bits per heavy atom. The predicted molar refractivity (Wildman–Crippen MR) is 114 cm³/mol. The van der Waals surface area contributed by atoms with Crippen LogP contribution in [0.15, 0.2) is 58.8 Å². The predicted octanol–water partition coefficient (Wildman–Crippen LogP) is 4.00. The molecule has 0 saturated heterocycles. The van der Waals surface area contributed by atoms with Crippen LogP contribution in [0.3, 0.4) is 0 Å². The third-order valence-electron chi connectivity index (χ3n) is 4.32. The van der Waals surface area contributed by atoms with Crippen LogP contribution in [0.5, 0.6) is 0 Å². The van der Waals surface area contributed by atoms with Crippen molar-refractivity contribution in [2.24, 2.45) is 0 Å². The molecule has 0 aliphatic heterocycles. The van der Waals surface area contributed by atoms with Gasteiger partial charge in [-0.2, -0.15) is 0 Å². The van der Waals surface area contributed by atoms with Crippen LogP contribution < -0.4 is 16.1 Å². The second-order valence-electron chi connectivity index (χ2n) is 6.44. The monoisotopic (exact) mass is 422 g/mol. The molecule has 0 spiro atoms. The van der Waals surface area contributed by atoms with Crippen LogP contribution in [-0.2, 0) is 4.79 Å². The number of hydrogen-bond acceptors (Lipinski definition) is 5. The lowest BCUT2D eigenvalue weighted by atomic mass is 10.1. The molecule has 2 aromatic heterocycles. The van der Waals surface area contributed by atoms with Crippen molar-refractivity contribution < 1.29 is 14.0 Å². The number of fused-ring (bicyclic) bond motifs is 1. The number of aromatic nitrogens is 2. The largest absolute Gasteiger partial charge is 0.360 e. The highest BCUT2D eigenvalue weighted by Crippen LogP contribution is 2.28. The molecule has 0 fully saturated rings. The van der Waals surface area contributed by atoms with Crippen molar-refractivity contribution in [3.63, 3.8) is 0 Å². The maximum absolute atomic E-state index is 14.4. The Morgan fingerprint density at radius 2 is 1.93 bits per heavy atom. The molecular formula is C21H15FN4O3S. The molecule has 4 aromatic rings. The van der Waals surface area contributed by atoms with Crippen molar-refractivity contribution in [3.8, 4) is 11.3 Å². The number of nitrogens with one attached hydrogen (secondary N) is 3. The second kappa shape index (κ2) is 7.88. The zero-order valence-corrected chi connectivity index (χ0v) is 16.5. The van der Waals surface area contributed by atoms with Crippen molar-refractivity contribution in [2.45, 2.75) is 6.92 Å². The Labute approximate surface area is 173 Å². The van der Waals surface area contributed by atoms with Gasteiger partial charge in [-0.05, 0) is 30.3 Å². The summed E-state index contributed by atoms with van der Waals surface area (Å²) in [7, 11) is 0. The van der Waals surface area contributed by atoms with Crippen LogP contribution in [0.4, 0.5) is 15.2 Å². The third kappa shape index (κ3) is 3.83. The zero-order valence-electron chi connectivity index (χ0n) is 15.7. The Hall–Kier alpha value is -3.85. The molecule has 0 bridgehead atoms. The van der Waals surface area contributed by atoms with E-state index in [1.165, 1.54) is 25.3 Å². The molecule has 0 aliphatic rings. The van der Waals surface area contributed by atoms with E-state index in [0.29, 0.717) is 22.3 Å². The lowest BCUT2D eigenvalue weighted by molar-refractivity contribution is -0.114. The smallest absolute Gasteiger partial charge is 0.262 e. The van der Waals surface area contributed by atoms with Gasteiger partial charge in [-0.1, -0.05) is 12.1 Å². The summed E-state index contributed by atoms with van der Waals surface area (Å²) in [6.45, 7) is 1.34. The van der Waals surface area contributed by atoms with Gasteiger partial charge in [0.1, 0.15) is 11.4 Å². The summed E-state index contributed by atoms with van der Waals surface area (Å²) in [5.74, 6) is -1.47. The molecule has 150 valence electrons. The molecule has 4 rings (SSSR count). The van der Waals surface area contributed by atoms with Gasteiger partial charge in [-0.3, -0.25) is 19.7 Å². The number of halogens is 1. The fourth-order valence-corrected chi connectivity index (χ4v) is 3.66. The van der Waals surface area contributed by atoms with Crippen LogP contribution in [0.2, 0.25) is 0 Å². The minimum absolute atomic E-state index is 0.0451. The Bertz CT molecular complexity index is 1350. The number of carbonyl (C=O) groups is 2. The molecule has 3 N–H and O–H groups in total. The SMILES string of the molecule is CC(=O)Nc1ccc(-c2csc(NC(=O)c3c[nH]c4ccccc4c3=O)n2)c(F)c1. The molecule has 30 heavy (non-hydrogen) atoms. The molecular weight excluding hydrogens is 407 g/mol. The molecule has 7 nitrogen and oxygen atoms in total. The van der Waals surface area contributed by atoms with Crippen molar-refractivity contribution in [1.29, 1.82) is 0 Å². The average molecular weight is 422 g/mol. The number of amides is 2. The molecule has 9 heteroatoms. The number of carbonyl (C=O) groups excluding carboxylic acids is 2. The Kier molecular flexibility index (Phi) is 5.11. The van der Waals surface area contributed by atoms with E-state index in [1.54, 1.807) is 35.7 Å². The summed E-state index contributed by atoms with van der Waals surface area (Å²) < 4.78 is 14.4. The topological polar surface area (TPSA) is 104 Å². The summed E-state index contributed by atoms with van der Waals surface area (Å²) in [5, 5.41) is 7.32. The lowest BCUT2D eigenvalue weighted by Crippen LogP contribution is -2.21. The lowest BCUT2D eigenvalue weighted by Gasteiger charge is -2.05. The van der Waals surface area contributed by atoms with E-state index in [1.807, 2.05) is 0 Å². The van der Waals surface area contributed by atoms with Crippen LogP contribution >= 0.6 is 11.3 Å². The summed E-state index contributed by atoms with van der Waals surface area (Å²) in [4.78, 5) is 43.4. The number of hydrogen-bond donors (Lipinski definition) is 3. The number of pyridine rings is 1. The van der Waals surface area contributed by atoms with Gasteiger partial charge in [0.2, 0.25) is 11.3 Å². The Balaban J connectivity index is 1.57. The van der Waals surface area contributed by atoms with E-state index in [4.69, 9.17) is 0 Å². The van der Waals surface area contributed by atoms with Gasteiger partial charge in [0.15, 0.2) is 5.13 Å². The highest BCUT2D eigenvalue weighted by Gasteiger charge is 2.16. The van der Waals surface area contributed by atoms with E-state index in [0.717, 1.165) is 11.3 Å². The van der Waals surface area contributed by atoms with Crippen molar-refractivity contribution >= 4 is 44.9 Å². The van der Waals surface area contributed by atoms with E-state index in [-0.39, 0.29) is 22.2 Å². The van der Waals surface area contributed by atoms with Crippen LogP contribution in [-0.4, -0.2) is 21.8 Å². The Morgan fingerprint density at radius 1 is 1.13 bits per heavy atom. The second-order valence-corrected chi connectivity index (χ2v) is 7.30. The van der Waals surface area contributed by atoms with E-state index in [9.17, 15) is 18.8 Å². The van der Waals surface area contributed by atoms with E-state index in [2.05, 4.69) is 20.6 Å². The maximum atomic E-state index is 14.4. The first-order valence-electron chi connectivity index (χ1n) is 8.87. The number of anilines is 2. The number of benzene rings is 2. The fraction of sp³-hybridized carbons (Fsp3) is 0.0476. The molecule has 2 amide bonds. The summed E-state index contributed by atoms with van der Waals surface area (Å²) >= 11 is 1.11. The number of para-hydroxylation sites is 1. The maximum Gasteiger partial charge on any atom is 0.262 e. The number of thiazole rings is 1. The molecule has 0 unspecified atom stereocenters. The van der Waals surface area contributed by atoms with Crippen molar-refractivity contribution in [1.82, 2.24) is 9.97 Å². The third-order valence-corrected chi connectivity index (χ3v) is 5.08. The van der Waals surface area contributed by atoms with Crippen LogP contribution in [0.1, 0.15) is 17.3 Å². The van der Waals surface area contributed by atoms with Gasteiger partial charge >= 0.3 is 0 Å². The number of nitrogens with zero attached hydrogens (tertiary/aromatic N) is 1. The number of aromatic amines is 1. The quantitative estimate of drug-likeness (QED) is 0.462. The molecule has 2 heterocycles. The molecule has 0 atom stereocenters.